The van der Waals surface area contributed by atoms with E-state index in [1.165, 1.54) is 25.3 Å². The molecule has 0 aliphatic heterocycles. The minimum atomic E-state index is -0.794. The van der Waals surface area contributed by atoms with E-state index < -0.39 is 29.2 Å². The summed E-state index contributed by atoms with van der Waals surface area (Å²) in [6.45, 7) is 5.44. The zero-order valence-electron chi connectivity index (χ0n) is 11.8. The van der Waals surface area contributed by atoms with Gasteiger partial charge in [-0.25, -0.2) is 9.18 Å². The van der Waals surface area contributed by atoms with Crippen LogP contribution in [-0.4, -0.2) is 25.0 Å². The van der Waals surface area contributed by atoms with Crippen LogP contribution in [0.1, 0.15) is 31.1 Å². The van der Waals surface area contributed by atoms with Gasteiger partial charge in [-0.1, -0.05) is 20.8 Å². The molecule has 0 unspecified atom stereocenters. The molecule has 0 aromatic heterocycles. The van der Waals surface area contributed by atoms with Crippen molar-refractivity contribution < 1.29 is 18.7 Å². The lowest BCUT2D eigenvalue weighted by atomic mass is 9.86. The molecule has 1 amide bonds. The molecule has 110 valence electrons. The van der Waals surface area contributed by atoms with E-state index in [0.717, 1.165) is 0 Å². The molecule has 6 heteroatoms. The largest absolute Gasteiger partial charge is 0.467 e. The minimum absolute atomic E-state index is 0.254. The van der Waals surface area contributed by atoms with Crippen LogP contribution in [0.5, 0.6) is 0 Å². The van der Waals surface area contributed by atoms with Gasteiger partial charge in [-0.3, -0.25) is 4.79 Å². The Balaban J connectivity index is 3.00. The number of hydrogen-bond donors (Lipinski definition) is 1. The zero-order chi connectivity index (χ0) is 15.5. The van der Waals surface area contributed by atoms with Crippen LogP contribution in [0, 0.1) is 11.2 Å². The molecule has 0 spiro atoms. The van der Waals surface area contributed by atoms with E-state index in [1.807, 2.05) is 20.8 Å². The summed E-state index contributed by atoms with van der Waals surface area (Å²) < 4.78 is 18.0. The molecule has 1 rings (SSSR count). The van der Waals surface area contributed by atoms with Crippen molar-refractivity contribution >= 4 is 27.8 Å². The highest BCUT2D eigenvalue weighted by Crippen LogP contribution is 2.22. The van der Waals surface area contributed by atoms with Crippen molar-refractivity contribution in [1.29, 1.82) is 0 Å². The van der Waals surface area contributed by atoms with Crippen LogP contribution in [0.25, 0.3) is 0 Å². The van der Waals surface area contributed by atoms with Gasteiger partial charge in [-0.05, 0) is 39.5 Å². The number of carbonyl (C=O) groups excluding carboxylic acids is 2. The van der Waals surface area contributed by atoms with E-state index in [-0.39, 0.29) is 5.56 Å². The van der Waals surface area contributed by atoms with Gasteiger partial charge >= 0.3 is 5.97 Å². The lowest BCUT2D eigenvalue weighted by molar-refractivity contribution is -0.145. The van der Waals surface area contributed by atoms with Crippen LogP contribution in [0.4, 0.5) is 4.39 Å². The van der Waals surface area contributed by atoms with Gasteiger partial charge in [-0.2, -0.15) is 0 Å². The molecule has 1 N–H and O–H groups in total. The monoisotopic (exact) mass is 345 g/mol. The Bertz CT molecular complexity index is 526. The maximum atomic E-state index is 13.0. The van der Waals surface area contributed by atoms with Crippen LogP contribution in [0.3, 0.4) is 0 Å². The summed E-state index contributed by atoms with van der Waals surface area (Å²) in [6, 6.07) is 2.94. The van der Waals surface area contributed by atoms with Gasteiger partial charge < -0.3 is 10.1 Å². The molecular formula is C14H17BrFNO3. The van der Waals surface area contributed by atoms with Gasteiger partial charge in [0.1, 0.15) is 11.9 Å². The second kappa shape index (κ2) is 6.35. The van der Waals surface area contributed by atoms with Gasteiger partial charge in [-0.15, -0.1) is 0 Å². The fraction of sp³-hybridized carbons (Fsp3) is 0.429. The quantitative estimate of drug-likeness (QED) is 0.857. The van der Waals surface area contributed by atoms with E-state index >= 15 is 0 Å². The molecule has 20 heavy (non-hydrogen) atoms. The van der Waals surface area contributed by atoms with Crippen LogP contribution in [0.2, 0.25) is 0 Å². The summed E-state index contributed by atoms with van der Waals surface area (Å²) in [5.41, 5.74) is -0.250. The Morgan fingerprint density at radius 2 is 1.95 bits per heavy atom. The number of halogens is 2. The number of amides is 1. The van der Waals surface area contributed by atoms with Gasteiger partial charge in [0.05, 0.1) is 12.7 Å². The zero-order valence-corrected chi connectivity index (χ0v) is 13.4. The summed E-state index contributed by atoms with van der Waals surface area (Å²) in [6.07, 6.45) is 0. The second-order valence-corrected chi connectivity index (χ2v) is 6.27. The molecule has 0 radical (unpaired) electrons. The summed E-state index contributed by atoms with van der Waals surface area (Å²) >= 11 is 3.13. The molecule has 1 aromatic carbocycles. The number of carbonyl (C=O) groups is 2. The number of benzene rings is 1. The van der Waals surface area contributed by atoms with E-state index in [2.05, 4.69) is 21.2 Å². The molecule has 1 aromatic rings. The lowest BCUT2D eigenvalue weighted by Gasteiger charge is -2.29. The highest BCUT2D eigenvalue weighted by molar-refractivity contribution is 9.10. The number of methoxy groups -OCH3 is 1. The Kier molecular flexibility index (Phi) is 5.28. The van der Waals surface area contributed by atoms with Crippen molar-refractivity contribution in [3.05, 3.63) is 34.1 Å². The van der Waals surface area contributed by atoms with Crippen molar-refractivity contribution in [2.24, 2.45) is 5.41 Å². The van der Waals surface area contributed by atoms with Gasteiger partial charge in [0.25, 0.3) is 5.91 Å². The summed E-state index contributed by atoms with van der Waals surface area (Å²) in [4.78, 5) is 23.9. The first-order valence-corrected chi connectivity index (χ1v) is 6.80. The molecule has 4 nitrogen and oxygen atoms in total. The Morgan fingerprint density at radius 1 is 1.35 bits per heavy atom. The van der Waals surface area contributed by atoms with Gasteiger partial charge in [0.2, 0.25) is 0 Å². The van der Waals surface area contributed by atoms with Crippen LogP contribution >= 0.6 is 15.9 Å². The molecule has 0 aliphatic carbocycles. The summed E-state index contributed by atoms with van der Waals surface area (Å²) in [5, 5.41) is 2.62. The fourth-order valence-corrected chi connectivity index (χ4v) is 2.16. The van der Waals surface area contributed by atoms with Crippen LogP contribution in [0.15, 0.2) is 22.7 Å². The van der Waals surface area contributed by atoms with E-state index in [0.29, 0.717) is 4.47 Å². The third kappa shape index (κ3) is 4.03. The molecule has 0 aliphatic rings. The third-order valence-corrected chi connectivity index (χ3v) is 3.41. The van der Waals surface area contributed by atoms with Crippen molar-refractivity contribution in [2.75, 3.05) is 7.11 Å². The maximum absolute atomic E-state index is 13.0. The lowest BCUT2D eigenvalue weighted by Crippen LogP contribution is -2.49. The van der Waals surface area contributed by atoms with E-state index in [4.69, 9.17) is 4.74 Å². The highest BCUT2D eigenvalue weighted by Gasteiger charge is 2.34. The molecule has 0 bridgehead atoms. The predicted octanol–water partition coefficient (Wildman–Crippen LogP) is 2.91. The Morgan fingerprint density at radius 3 is 2.40 bits per heavy atom. The van der Waals surface area contributed by atoms with Gasteiger partial charge in [0.15, 0.2) is 0 Å². The van der Waals surface area contributed by atoms with Gasteiger partial charge in [0, 0.05) is 4.47 Å². The molecule has 0 fully saturated rings. The molecular weight excluding hydrogens is 329 g/mol. The van der Waals surface area contributed by atoms with Crippen LogP contribution < -0.4 is 5.32 Å². The SMILES string of the molecule is COC(=O)[C@@H](NC(=O)c1ccc(F)cc1Br)C(C)(C)C. The Hall–Kier alpha value is -1.43. The standard InChI is InChI=1S/C14H17BrFNO3/c1-14(2,3)11(13(19)20-4)17-12(18)9-6-5-8(16)7-10(9)15/h5-7,11H,1-4H3,(H,17,18)/t11-/m1/s1. The normalized spacial score (nSPS) is 12.7. The maximum Gasteiger partial charge on any atom is 0.328 e. The van der Waals surface area contributed by atoms with E-state index in [1.54, 1.807) is 0 Å². The highest BCUT2D eigenvalue weighted by atomic mass is 79.9. The second-order valence-electron chi connectivity index (χ2n) is 5.42. The number of esters is 1. The minimum Gasteiger partial charge on any atom is -0.467 e. The topological polar surface area (TPSA) is 55.4 Å². The first-order chi connectivity index (χ1) is 9.16. The molecule has 0 saturated carbocycles. The fourth-order valence-electron chi connectivity index (χ4n) is 1.63. The third-order valence-electron chi connectivity index (χ3n) is 2.75. The molecule has 0 heterocycles. The molecule has 1 atom stereocenters. The molecule has 0 saturated heterocycles. The number of ether oxygens (including phenoxy) is 1. The number of nitrogens with one attached hydrogen (secondary N) is 1. The Labute approximate surface area is 125 Å². The number of rotatable bonds is 3. The average Bonchev–Trinajstić information content (AvgIpc) is 2.33. The average molecular weight is 346 g/mol. The van der Waals surface area contributed by atoms with Crippen molar-refractivity contribution in [3.8, 4) is 0 Å². The summed E-state index contributed by atoms with van der Waals surface area (Å²) in [5.74, 6) is -1.44. The van der Waals surface area contributed by atoms with Crippen molar-refractivity contribution in [1.82, 2.24) is 5.32 Å². The first kappa shape index (κ1) is 16.6. The van der Waals surface area contributed by atoms with E-state index in [9.17, 15) is 14.0 Å². The van der Waals surface area contributed by atoms with Crippen molar-refractivity contribution in [3.63, 3.8) is 0 Å². The summed E-state index contributed by atoms with van der Waals surface area (Å²) in [7, 11) is 1.26. The number of hydrogen-bond acceptors (Lipinski definition) is 3. The first-order valence-electron chi connectivity index (χ1n) is 6.00. The van der Waals surface area contributed by atoms with Crippen LogP contribution in [-0.2, 0) is 9.53 Å². The van der Waals surface area contributed by atoms with Crippen molar-refractivity contribution in [2.45, 2.75) is 26.8 Å². The predicted molar refractivity (Wildman–Crippen MR) is 76.8 cm³/mol. The smallest absolute Gasteiger partial charge is 0.328 e.